The molecule has 0 aromatic heterocycles. The molecule has 0 radical (unpaired) electrons. The molecule has 152 valence electrons. The molecule has 2 saturated heterocycles. The van der Waals surface area contributed by atoms with Crippen LogP contribution >= 0.6 is 34.2 Å². The molecule has 0 N–H and O–H groups in total. The first kappa shape index (κ1) is 19.5. The standard InChI is InChI=1S/C23H23ClINO3/c1-28-17-9-2-13(3-10-17)21-20-19-14(12-29-23(20)27)4-11-18(25)22(19)26(21)16-7-5-15(24)6-8-16/h2-3,5-10,14,18-22H,4,11-12H2,1H3/t14-,18+,19-,20+,21+,22-/m1/s1. The number of carbonyl (C=O) groups excluding carboxylic acids is 1. The van der Waals surface area contributed by atoms with Gasteiger partial charge in [0.05, 0.1) is 25.7 Å². The van der Waals surface area contributed by atoms with Gasteiger partial charge in [0.25, 0.3) is 0 Å². The van der Waals surface area contributed by atoms with Gasteiger partial charge in [0.2, 0.25) is 0 Å². The smallest absolute Gasteiger partial charge is 0.311 e. The lowest BCUT2D eigenvalue weighted by Crippen LogP contribution is -2.49. The van der Waals surface area contributed by atoms with Gasteiger partial charge in [0, 0.05) is 26.6 Å². The van der Waals surface area contributed by atoms with E-state index in [1.807, 2.05) is 24.3 Å². The number of nitrogens with zero attached hydrogens (tertiary/aromatic N) is 1. The van der Waals surface area contributed by atoms with Crippen LogP contribution in [0.2, 0.25) is 5.02 Å². The lowest BCUT2D eigenvalue weighted by Gasteiger charge is -2.43. The number of hydrogen-bond acceptors (Lipinski definition) is 4. The third-order valence-corrected chi connectivity index (χ3v) is 8.40. The third kappa shape index (κ3) is 3.21. The van der Waals surface area contributed by atoms with Gasteiger partial charge in [-0.05, 0) is 60.7 Å². The number of hydrogen-bond donors (Lipinski definition) is 0. The lowest BCUT2D eigenvalue weighted by atomic mass is 9.69. The molecule has 29 heavy (non-hydrogen) atoms. The Morgan fingerprint density at radius 1 is 1.10 bits per heavy atom. The van der Waals surface area contributed by atoms with Crippen molar-refractivity contribution in [3.63, 3.8) is 0 Å². The Kier molecular flexibility index (Phi) is 5.14. The first-order valence-electron chi connectivity index (χ1n) is 10.1. The summed E-state index contributed by atoms with van der Waals surface area (Å²) in [5, 5.41) is 0.721. The molecule has 1 aliphatic carbocycles. The minimum Gasteiger partial charge on any atom is -0.497 e. The molecule has 4 nitrogen and oxygen atoms in total. The van der Waals surface area contributed by atoms with Gasteiger partial charge >= 0.3 is 5.97 Å². The molecule has 1 saturated carbocycles. The zero-order valence-electron chi connectivity index (χ0n) is 16.1. The van der Waals surface area contributed by atoms with Crippen LogP contribution in [0.15, 0.2) is 48.5 Å². The van der Waals surface area contributed by atoms with Gasteiger partial charge < -0.3 is 14.4 Å². The van der Waals surface area contributed by atoms with E-state index in [4.69, 9.17) is 21.1 Å². The predicted octanol–water partition coefficient (Wildman–Crippen LogP) is 5.28. The molecular weight excluding hydrogens is 501 g/mol. The number of esters is 1. The number of alkyl halides is 1. The first-order chi connectivity index (χ1) is 14.1. The van der Waals surface area contributed by atoms with Crippen LogP contribution in [-0.2, 0) is 9.53 Å². The summed E-state index contributed by atoms with van der Waals surface area (Å²) in [5.74, 6) is 1.36. The van der Waals surface area contributed by atoms with Crippen LogP contribution in [0.4, 0.5) is 5.69 Å². The predicted molar refractivity (Wildman–Crippen MR) is 122 cm³/mol. The van der Waals surface area contributed by atoms with Crippen molar-refractivity contribution in [1.82, 2.24) is 0 Å². The van der Waals surface area contributed by atoms with Gasteiger partial charge in [-0.25, -0.2) is 0 Å². The molecule has 2 heterocycles. The second-order valence-corrected chi connectivity index (χ2v) is 10.2. The van der Waals surface area contributed by atoms with Crippen LogP contribution in [0.1, 0.15) is 24.4 Å². The Hall–Kier alpha value is -1.47. The number of rotatable bonds is 3. The van der Waals surface area contributed by atoms with Crippen LogP contribution in [0.3, 0.4) is 0 Å². The van der Waals surface area contributed by atoms with Crippen LogP contribution in [0.5, 0.6) is 5.75 Å². The Morgan fingerprint density at radius 3 is 2.52 bits per heavy atom. The molecule has 5 rings (SSSR count). The molecule has 3 fully saturated rings. The van der Waals surface area contributed by atoms with E-state index in [-0.39, 0.29) is 17.9 Å². The van der Waals surface area contributed by atoms with E-state index in [2.05, 4.69) is 51.8 Å². The Balaban J connectivity index is 1.66. The molecule has 2 aromatic rings. The molecule has 0 amide bonds. The number of anilines is 1. The minimum absolute atomic E-state index is 0.0530. The quantitative estimate of drug-likeness (QED) is 0.312. The average Bonchev–Trinajstić information content (AvgIpc) is 3.11. The molecule has 0 bridgehead atoms. The fraction of sp³-hybridized carbons (Fsp3) is 0.435. The first-order valence-corrected chi connectivity index (χ1v) is 11.7. The van der Waals surface area contributed by atoms with Crippen molar-refractivity contribution in [3.05, 3.63) is 59.1 Å². The molecule has 6 atom stereocenters. The van der Waals surface area contributed by atoms with E-state index in [9.17, 15) is 4.79 Å². The minimum atomic E-state index is -0.152. The maximum atomic E-state index is 13.1. The summed E-state index contributed by atoms with van der Waals surface area (Å²) in [7, 11) is 1.67. The van der Waals surface area contributed by atoms with E-state index in [0.29, 0.717) is 28.4 Å². The summed E-state index contributed by atoms with van der Waals surface area (Å²) < 4.78 is 11.5. The highest BCUT2D eigenvalue weighted by atomic mass is 127. The summed E-state index contributed by atoms with van der Waals surface area (Å²) in [6.07, 6.45) is 2.28. The average molecular weight is 524 g/mol. The SMILES string of the molecule is COc1ccc([C@H]2[C@H]3C(=O)OC[C@H]4CC[C@H](I)[C@H]([C@H]43)N2c2ccc(Cl)cc2)cc1. The molecule has 2 aliphatic heterocycles. The number of benzene rings is 2. The van der Waals surface area contributed by atoms with Crippen LogP contribution in [0.25, 0.3) is 0 Å². The van der Waals surface area contributed by atoms with E-state index in [1.165, 1.54) is 0 Å². The van der Waals surface area contributed by atoms with Crippen LogP contribution < -0.4 is 9.64 Å². The highest BCUT2D eigenvalue weighted by Crippen LogP contribution is 2.57. The molecular formula is C23H23ClINO3. The maximum Gasteiger partial charge on any atom is 0.311 e. The third-order valence-electron chi connectivity index (χ3n) is 6.79. The van der Waals surface area contributed by atoms with Crippen LogP contribution in [-0.4, -0.2) is 29.7 Å². The molecule has 0 unspecified atom stereocenters. The zero-order valence-corrected chi connectivity index (χ0v) is 19.0. The summed E-state index contributed by atoms with van der Waals surface area (Å²) in [4.78, 5) is 15.5. The fourth-order valence-corrected chi connectivity index (χ4v) is 6.88. The van der Waals surface area contributed by atoms with Crippen molar-refractivity contribution in [2.45, 2.75) is 28.8 Å². The van der Waals surface area contributed by atoms with E-state index in [1.54, 1.807) is 7.11 Å². The summed E-state index contributed by atoms with van der Waals surface area (Å²) in [6.45, 7) is 0.559. The Bertz CT molecular complexity index is 903. The van der Waals surface area contributed by atoms with Crippen molar-refractivity contribution in [3.8, 4) is 5.75 Å². The molecule has 6 heteroatoms. The topological polar surface area (TPSA) is 38.8 Å². The number of ether oxygens (including phenoxy) is 2. The van der Waals surface area contributed by atoms with Gasteiger partial charge in [-0.1, -0.05) is 46.3 Å². The second-order valence-electron chi connectivity index (χ2n) is 8.18. The highest BCUT2D eigenvalue weighted by molar-refractivity contribution is 14.1. The van der Waals surface area contributed by atoms with Gasteiger partial charge in [-0.15, -0.1) is 0 Å². The van der Waals surface area contributed by atoms with Gasteiger partial charge in [-0.2, -0.15) is 0 Å². The molecule has 3 aliphatic rings. The van der Waals surface area contributed by atoms with Crippen molar-refractivity contribution in [1.29, 1.82) is 0 Å². The van der Waals surface area contributed by atoms with E-state index in [0.717, 1.165) is 34.9 Å². The number of methoxy groups -OCH3 is 1. The van der Waals surface area contributed by atoms with Crippen molar-refractivity contribution >= 4 is 45.8 Å². The van der Waals surface area contributed by atoms with Crippen molar-refractivity contribution in [2.24, 2.45) is 17.8 Å². The van der Waals surface area contributed by atoms with Gasteiger partial charge in [0.1, 0.15) is 5.75 Å². The van der Waals surface area contributed by atoms with Crippen molar-refractivity contribution < 1.29 is 14.3 Å². The van der Waals surface area contributed by atoms with Gasteiger partial charge in [-0.3, -0.25) is 4.79 Å². The summed E-state index contributed by atoms with van der Waals surface area (Å²) >= 11 is 8.77. The van der Waals surface area contributed by atoms with Crippen molar-refractivity contribution in [2.75, 3.05) is 18.6 Å². The fourth-order valence-electron chi connectivity index (χ4n) is 5.57. The molecule has 2 aromatic carbocycles. The Morgan fingerprint density at radius 2 is 1.83 bits per heavy atom. The monoisotopic (exact) mass is 523 g/mol. The number of halogens is 2. The number of carbonyl (C=O) groups is 1. The highest BCUT2D eigenvalue weighted by Gasteiger charge is 2.60. The zero-order chi connectivity index (χ0) is 20.1. The number of cyclic esters (lactones) is 1. The van der Waals surface area contributed by atoms with E-state index < -0.39 is 0 Å². The maximum absolute atomic E-state index is 13.1. The Labute approximate surface area is 189 Å². The summed E-state index contributed by atoms with van der Waals surface area (Å²) in [6, 6.07) is 16.4. The van der Waals surface area contributed by atoms with Crippen LogP contribution in [0, 0.1) is 17.8 Å². The van der Waals surface area contributed by atoms with E-state index >= 15 is 0 Å². The molecule has 0 spiro atoms. The second kappa shape index (κ2) is 7.65. The summed E-state index contributed by atoms with van der Waals surface area (Å²) in [5.41, 5.74) is 2.24. The van der Waals surface area contributed by atoms with Gasteiger partial charge in [0.15, 0.2) is 0 Å². The lowest BCUT2D eigenvalue weighted by molar-refractivity contribution is -0.161. The largest absolute Gasteiger partial charge is 0.497 e. The normalized spacial score (nSPS) is 33.2.